The van der Waals surface area contributed by atoms with Crippen molar-refractivity contribution in [1.29, 1.82) is 0 Å². The molecule has 0 saturated carbocycles. The molecule has 0 aliphatic carbocycles. The Morgan fingerprint density at radius 2 is 1.06 bits per heavy atom. The third-order valence-corrected chi connectivity index (χ3v) is 1.90. The number of hydrogen-bond acceptors (Lipinski definition) is 1. The van der Waals surface area contributed by atoms with E-state index < -0.39 is 0 Å². The number of para-hydroxylation sites is 1. The Labute approximate surface area is 98.1 Å². The maximum absolute atomic E-state index is 3.30. The second-order valence-corrected chi connectivity index (χ2v) is 3.82. The number of nitrogens with one attached hydrogen (secondary N) is 1. The molecule has 2 aromatic rings. The van der Waals surface area contributed by atoms with Crippen LogP contribution in [-0.4, -0.2) is 6.04 Å². The lowest BCUT2D eigenvalue weighted by Crippen LogP contribution is -2.08. The van der Waals surface area contributed by atoms with Crippen LogP contribution in [0.3, 0.4) is 0 Å². The van der Waals surface area contributed by atoms with Crippen molar-refractivity contribution in [3.63, 3.8) is 0 Å². The molecule has 16 heavy (non-hydrogen) atoms. The molecule has 0 amide bonds. The summed E-state index contributed by atoms with van der Waals surface area (Å²) in [6, 6.07) is 22.7. The zero-order chi connectivity index (χ0) is 11.6. The maximum atomic E-state index is 3.30. The van der Waals surface area contributed by atoms with Crippen LogP contribution in [0.25, 0.3) is 0 Å². The minimum absolute atomic E-state index is 0.516. The van der Waals surface area contributed by atoms with Crippen LogP contribution in [0.4, 0.5) is 5.69 Å². The van der Waals surface area contributed by atoms with Crippen LogP contribution in [-0.2, 0) is 0 Å². The van der Waals surface area contributed by atoms with Crippen molar-refractivity contribution in [3.05, 3.63) is 66.7 Å². The molecule has 0 aliphatic rings. The van der Waals surface area contributed by atoms with E-state index in [1.165, 1.54) is 5.69 Å². The van der Waals surface area contributed by atoms with Gasteiger partial charge in [0.1, 0.15) is 0 Å². The van der Waals surface area contributed by atoms with Gasteiger partial charge >= 0.3 is 0 Å². The lowest BCUT2D eigenvalue weighted by molar-refractivity contribution is 0.900. The highest BCUT2D eigenvalue weighted by Gasteiger charge is 1.90. The molecule has 0 aliphatic heterocycles. The first-order valence-electron chi connectivity index (χ1n) is 5.60. The van der Waals surface area contributed by atoms with Crippen LogP contribution < -0.4 is 5.32 Å². The zero-order valence-corrected chi connectivity index (χ0v) is 9.93. The van der Waals surface area contributed by atoms with E-state index in [1.54, 1.807) is 0 Å². The summed E-state index contributed by atoms with van der Waals surface area (Å²) in [6.07, 6.45) is 0. The molecule has 0 bridgehead atoms. The molecular weight excluding hydrogens is 194 g/mol. The molecular formula is C15H19N. The highest BCUT2D eigenvalue weighted by molar-refractivity contribution is 5.42. The van der Waals surface area contributed by atoms with E-state index in [0.29, 0.717) is 6.04 Å². The zero-order valence-electron chi connectivity index (χ0n) is 9.93. The van der Waals surface area contributed by atoms with E-state index >= 15 is 0 Å². The lowest BCUT2D eigenvalue weighted by Gasteiger charge is -2.08. The van der Waals surface area contributed by atoms with Crippen LogP contribution >= 0.6 is 0 Å². The van der Waals surface area contributed by atoms with Crippen LogP contribution in [0.5, 0.6) is 0 Å². The Morgan fingerprint density at radius 3 is 1.44 bits per heavy atom. The fraction of sp³-hybridized carbons (Fsp3) is 0.200. The second-order valence-electron chi connectivity index (χ2n) is 3.82. The van der Waals surface area contributed by atoms with E-state index in [1.807, 2.05) is 54.6 Å². The number of benzene rings is 2. The summed E-state index contributed by atoms with van der Waals surface area (Å²) in [4.78, 5) is 0. The van der Waals surface area contributed by atoms with Gasteiger partial charge in [0.2, 0.25) is 0 Å². The minimum Gasteiger partial charge on any atom is -0.383 e. The number of anilines is 1. The summed E-state index contributed by atoms with van der Waals surface area (Å²) in [5, 5.41) is 3.30. The average molecular weight is 213 g/mol. The molecule has 0 unspecified atom stereocenters. The van der Waals surface area contributed by atoms with Gasteiger partial charge in [-0.15, -0.1) is 0 Å². The van der Waals surface area contributed by atoms with Crippen LogP contribution in [0.2, 0.25) is 0 Å². The molecule has 2 rings (SSSR count). The molecule has 0 heterocycles. The Bertz CT molecular complexity index is 327. The molecule has 1 nitrogen and oxygen atoms in total. The van der Waals surface area contributed by atoms with Crippen molar-refractivity contribution in [2.24, 2.45) is 0 Å². The van der Waals surface area contributed by atoms with Gasteiger partial charge in [-0.25, -0.2) is 0 Å². The van der Waals surface area contributed by atoms with E-state index in [4.69, 9.17) is 0 Å². The Hall–Kier alpha value is -1.76. The monoisotopic (exact) mass is 213 g/mol. The van der Waals surface area contributed by atoms with Gasteiger partial charge in [0.15, 0.2) is 0 Å². The molecule has 84 valence electrons. The van der Waals surface area contributed by atoms with Gasteiger partial charge in [-0.2, -0.15) is 0 Å². The van der Waals surface area contributed by atoms with Crippen LogP contribution in [0, 0.1) is 0 Å². The van der Waals surface area contributed by atoms with E-state index in [2.05, 4.69) is 31.3 Å². The largest absolute Gasteiger partial charge is 0.383 e. The smallest absolute Gasteiger partial charge is 0.0342 e. The molecule has 2 aromatic carbocycles. The van der Waals surface area contributed by atoms with Crippen molar-refractivity contribution < 1.29 is 0 Å². The number of hydrogen-bond donors (Lipinski definition) is 1. The third-order valence-electron chi connectivity index (χ3n) is 1.90. The Morgan fingerprint density at radius 1 is 0.688 bits per heavy atom. The lowest BCUT2D eigenvalue weighted by atomic mass is 10.3. The average Bonchev–Trinajstić information content (AvgIpc) is 2.32. The highest BCUT2D eigenvalue weighted by atomic mass is 14.9. The summed E-state index contributed by atoms with van der Waals surface area (Å²) in [6.45, 7) is 4.26. The predicted octanol–water partition coefficient (Wildman–Crippen LogP) is 4.19. The first-order chi connectivity index (χ1) is 7.79. The Balaban J connectivity index is 0.000000181. The predicted molar refractivity (Wildman–Crippen MR) is 71.6 cm³/mol. The van der Waals surface area contributed by atoms with Crippen molar-refractivity contribution >= 4 is 5.69 Å². The van der Waals surface area contributed by atoms with Gasteiger partial charge in [0, 0.05) is 11.7 Å². The first-order valence-corrected chi connectivity index (χ1v) is 5.60. The summed E-state index contributed by atoms with van der Waals surface area (Å²) in [7, 11) is 0. The quantitative estimate of drug-likeness (QED) is 0.788. The van der Waals surface area contributed by atoms with Crippen LogP contribution in [0.15, 0.2) is 66.7 Å². The Kier molecular flexibility index (Phi) is 5.79. The topological polar surface area (TPSA) is 12.0 Å². The van der Waals surface area contributed by atoms with Crippen molar-refractivity contribution in [3.8, 4) is 0 Å². The van der Waals surface area contributed by atoms with Gasteiger partial charge < -0.3 is 5.32 Å². The van der Waals surface area contributed by atoms with Crippen LogP contribution in [0.1, 0.15) is 13.8 Å². The third kappa shape index (κ3) is 5.86. The van der Waals surface area contributed by atoms with E-state index in [-0.39, 0.29) is 0 Å². The van der Waals surface area contributed by atoms with Gasteiger partial charge in [-0.3, -0.25) is 0 Å². The standard InChI is InChI=1S/C9H13N.C6H6/c1-8(2)10-9-6-4-3-5-7-9;1-2-4-6-5-3-1/h3-8,10H,1-2H3;1-6H. The molecule has 1 heteroatoms. The van der Waals surface area contributed by atoms with Gasteiger partial charge in [0.25, 0.3) is 0 Å². The minimum atomic E-state index is 0.516. The fourth-order valence-electron chi connectivity index (χ4n) is 1.25. The summed E-state index contributed by atoms with van der Waals surface area (Å²) in [5.41, 5.74) is 1.19. The SMILES string of the molecule is CC(C)Nc1ccccc1.c1ccccc1. The normalized spacial score (nSPS) is 9.19. The second kappa shape index (κ2) is 7.52. The van der Waals surface area contributed by atoms with Crippen molar-refractivity contribution in [2.75, 3.05) is 5.32 Å². The summed E-state index contributed by atoms with van der Waals surface area (Å²) >= 11 is 0. The maximum Gasteiger partial charge on any atom is 0.0342 e. The molecule has 0 atom stereocenters. The van der Waals surface area contributed by atoms with Crippen molar-refractivity contribution in [2.45, 2.75) is 19.9 Å². The van der Waals surface area contributed by atoms with Gasteiger partial charge in [0.05, 0.1) is 0 Å². The highest BCUT2D eigenvalue weighted by Crippen LogP contribution is 2.05. The molecule has 0 saturated heterocycles. The van der Waals surface area contributed by atoms with Gasteiger partial charge in [-0.1, -0.05) is 54.6 Å². The van der Waals surface area contributed by atoms with E-state index in [9.17, 15) is 0 Å². The van der Waals surface area contributed by atoms with Gasteiger partial charge in [-0.05, 0) is 26.0 Å². The fourth-order valence-corrected chi connectivity index (χ4v) is 1.25. The molecule has 1 N–H and O–H groups in total. The first kappa shape index (κ1) is 12.3. The summed E-state index contributed by atoms with van der Waals surface area (Å²) in [5.74, 6) is 0. The molecule has 0 fully saturated rings. The molecule has 0 aromatic heterocycles. The molecule has 0 radical (unpaired) electrons. The van der Waals surface area contributed by atoms with E-state index in [0.717, 1.165) is 0 Å². The van der Waals surface area contributed by atoms with Crippen molar-refractivity contribution in [1.82, 2.24) is 0 Å². The number of rotatable bonds is 2. The molecule has 0 spiro atoms. The summed E-state index contributed by atoms with van der Waals surface area (Å²) < 4.78 is 0.